The van der Waals surface area contributed by atoms with Crippen LogP contribution < -0.4 is 5.32 Å². The van der Waals surface area contributed by atoms with Crippen LogP contribution in [0.1, 0.15) is 5.82 Å². The second-order valence-corrected chi connectivity index (χ2v) is 4.87. The Kier molecular flexibility index (Phi) is 2.25. The number of hydrogen-bond donors (Lipinski definition) is 1. The van der Waals surface area contributed by atoms with Crippen molar-refractivity contribution in [1.82, 2.24) is 14.7 Å². The van der Waals surface area contributed by atoms with E-state index in [4.69, 9.17) is 0 Å². The molecule has 1 N–H and O–H groups in total. The molecular formula is C11H12BrN3. The monoisotopic (exact) mass is 265 g/mol. The minimum atomic E-state index is 0.759. The highest BCUT2D eigenvalue weighted by Crippen LogP contribution is 2.20. The van der Waals surface area contributed by atoms with E-state index >= 15 is 0 Å². The highest BCUT2D eigenvalue weighted by molar-refractivity contribution is 9.10. The van der Waals surface area contributed by atoms with E-state index in [2.05, 4.69) is 36.8 Å². The Morgan fingerprint density at radius 2 is 2.40 bits per heavy atom. The van der Waals surface area contributed by atoms with Gasteiger partial charge in [0, 0.05) is 17.1 Å². The Morgan fingerprint density at radius 3 is 3.13 bits per heavy atom. The summed E-state index contributed by atoms with van der Waals surface area (Å²) in [6, 6.07) is 4.09. The largest absolute Gasteiger partial charge is 0.316 e. The zero-order valence-electron chi connectivity index (χ0n) is 8.28. The fourth-order valence-electron chi connectivity index (χ4n) is 1.94. The van der Waals surface area contributed by atoms with E-state index in [1.807, 2.05) is 18.3 Å². The standard InChI is InChI=1S/C11H12BrN3/c12-9-2-1-3-15-10(9)7-14-11(15)4-8-5-13-6-8/h1-3,7-8,13H,4-6H2. The van der Waals surface area contributed by atoms with E-state index in [0.29, 0.717) is 0 Å². The molecule has 0 spiro atoms. The van der Waals surface area contributed by atoms with Gasteiger partial charge < -0.3 is 9.72 Å². The summed E-state index contributed by atoms with van der Waals surface area (Å²) in [6.07, 6.45) is 5.08. The molecule has 0 amide bonds. The van der Waals surface area contributed by atoms with Gasteiger partial charge in [0.15, 0.2) is 0 Å². The van der Waals surface area contributed by atoms with Gasteiger partial charge in [0.05, 0.1) is 11.7 Å². The first-order valence-electron chi connectivity index (χ1n) is 5.16. The van der Waals surface area contributed by atoms with E-state index in [1.54, 1.807) is 0 Å². The first-order chi connectivity index (χ1) is 7.34. The Bertz CT molecular complexity index is 488. The van der Waals surface area contributed by atoms with Gasteiger partial charge >= 0.3 is 0 Å². The van der Waals surface area contributed by atoms with Crippen LogP contribution in [0.4, 0.5) is 0 Å². The third kappa shape index (κ3) is 1.58. The predicted molar refractivity (Wildman–Crippen MR) is 63.0 cm³/mol. The zero-order valence-corrected chi connectivity index (χ0v) is 9.87. The fourth-order valence-corrected chi connectivity index (χ4v) is 2.39. The summed E-state index contributed by atoms with van der Waals surface area (Å²) in [7, 11) is 0. The van der Waals surface area contributed by atoms with Crippen molar-refractivity contribution in [3.8, 4) is 0 Å². The van der Waals surface area contributed by atoms with Crippen molar-refractivity contribution in [1.29, 1.82) is 0 Å². The Labute approximate surface area is 96.6 Å². The van der Waals surface area contributed by atoms with Crippen LogP contribution in [0.2, 0.25) is 0 Å². The lowest BCUT2D eigenvalue weighted by Crippen LogP contribution is -2.43. The normalized spacial score (nSPS) is 16.9. The van der Waals surface area contributed by atoms with Crippen LogP contribution in [0.3, 0.4) is 0 Å². The number of nitrogens with zero attached hydrogens (tertiary/aromatic N) is 2. The lowest BCUT2D eigenvalue weighted by atomic mass is 9.99. The van der Waals surface area contributed by atoms with Gasteiger partial charge in [-0.2, -0.15) is 0 Å². The Hall–Kier alpha value is -0.870. The molecule has 2 aromatic rings. The molecule has 1 fully saturated rings. The lowest BCUT2D eigenvalue weighted by molar-refractivity contribution is 0.340. The first-order valence-corrected chi connectivity index (χ1v) is 5.95. The molecule has 4 heteroatoms. The van der Waals surface area contributed by atoms with Crippen LogP contribution >= 0.6 is 15.9 Å². The summed E-state index contributed by atoms with van der Waals surface area (Å²) in [4.78, 5) is 4.48. The number of rotatable bonds is 2. The molecule has 0 bridgehead atoms. The summed E-state index contributed by atoms with van der Waals surface area (Å²) in [5.41, 5.74) is 1.15. The molecule has 1 aliphatic rings. The molecule has 0 aromatic carbocycles. The van der Waals surface area contributed by atoms with Crippen LogP contribution in [0.25, 0.3) is 5.52 Å². The Balaban J connectivity index is 2.00. The number of pyridine rings is 1. The fraction of sp³-hybridized carbons (Fsp3) is 0.364. The maximum absolute atomic E-state index is 4.48. The van der Waals surface area contributed by atoms with Gasteiger partial charge in [0.2, 0.25) is 0 Å². The molecule has 3 rings (SSSR count). The molecule has 0 radical (unpaired) electrons. The molecule has 2 aromatic heterocycles. The van der Waals surface area contributed by atoms with Crippen LogP contribution in [0.5, 0.6) is 0 Å². The number of aromatic nitrogens is 2. The second-order valence-electron chi connectivity index (χ2n) is 4.01. The average Bonchev–Trinajstić information content (AvgIpc) is 2.56. The quantitative estimate of drug-likeness (QED) is 0.899. The number of imidazole rings is 1. The molecule has 0 unspecified atom stereocenters. The Morgan fingerprint density at radius 1 is 1.53 bits per heavy atom. The van der Waals surface area contributed by atoms with E-state index < -0.39 is 0 Å². The molecule has 1 aliphatic heterocycles. The highest BCUT2D eigenvalue weighted by Gasteiger charge is 2.19. The molecule has 3 heterocycles. The topological polar surface area (TPSA) is 29.3 Å². The molecule has 0 saturated carbocycles. The van der Waals surface area contributed by atoms with E-state index in [1.165, 1.54) is 0 Å². The van der Waals surface area contributed by atoms with Crippen LogP contribution in [0, 0.1) is 5.92 Å². The molecule has 78 valence electrons. The van der Waals surface area contributed by atoms with Crippen molar-refractivity contribution in [2.75, 3.05) is 13.1 Å². The molecule has 0 aliphatic carbocycles. The van der Waals surface area contributed by atoms with E-state index in [0.717, 1.165) is 41.2 Å². The number of halogens is 1. The first kappa shape index (κ1) is 9.36. The van der Waals surface area contributed by atoms with Crippen molar-refractivity contribution in [3.05, 3.63) is 34.8 Å². The van der Waals surface area contributed by atoms with Gasteiger partial charge in [-0.25, -0.2) is 4.98 Å². The molecule has 1 saturated heterocycles. The molecular weight excluding hydrogens is 254 g/mol. The van der Waals surface area contributed by atoms with Crippen molar-refractivity contribution in [2.45, 2.75) is 6.42 Å². The van der Waals surface area contributed by atoms with Crippen LogP contribution in [-0.4, -0.2) is 22.5 Å². The average molecular weight is 266 g/mol. The SMILES string of the molecule is Brc1cccn2c(CC3CNC3)ncc12. The number of fused-ring (bicyclic) bond motifs is 1. The van der Waals surface area contributed by atoms with Gasteiger partial charge in [-0.1, -0.05) is 0 Å². The third-order valence-corrected chi connectivity index (χ3v) is 3.60. The van der Waals surface area contributed by atoms with Crippen molar-refractivity contribution in [3.63, 3.8) is 0 Å². The van der Waals surface area contributed by atoms with Gasteiger partial charge in [-0.05, 0) is 47.1 Å². The summed E-state index contributed by atoms with van der Waals surface area (Å²) in [5, 5.41) is 3.29. The molecule has 0 atom stereocenters. The van der Waals surface area contributed by atoms with E-state index in [-0.39, 0.29) is 0 Å². The summed E-state index contributed by atoms with van der Waals surface area (Å²) in [6.45, 7) is 2.26. The zero-order chi connectivity index (χ0) is 10.3. The summed E-state index contributed by atoms with van der Waals surface area (Å²) < 4.78 is 3.28. The number of nitrogens with one attached hydrogen (secondary N) is 1. The minimum Gasteiger partial charge on any atom is -0.316 e. The lowest BCUT2D eigenvalue weighted by Gasteiger charge is -2.26. The predicted octanol–water partition coefficient (Wildman–Crippen LogP) is 1.86. The van der Waals surface area contributed by atoms with Crippen molar-refractivity contribution >= 4 is 21.4 Å². The maximum Gasteiger partial charge on any atom is 0.113 e. The smallest absolute Gasteiger partial charge is 0.113 e. The van der Waals surface area contributed by atoms with Crippen LogP contribution in [-0.2, 0) is 6.42 Å². The third-order valence-electron chi connectivity index (χ3n) is 2.93. The van der Waals surface area contributed by atoms with Gasteiger partial charge in [-0.15, -0.1) is 0 Å². The van der Waals surface area contributed by atoms with Crippen molar-refractivity contribution in [2.24, 2.45) is 5.92 Å². The van der Waals surface area contributed by atoms with Gasteiger partial charge in [0.1, 0.15) is 5.82 Å². The summed E-state index contributed by atoms with van der Waals surface area (Å²) >= 11 is 3.53. The minimum absolute atomic E-state index is 0.759. The second kappa shape index (κ2) is 3.61. The van der Waals surface area contributed by atoms with Crippen molar-refractivity contribution < 1.29 is 0 Å². The molecule has 15 heavy (non-hydrogen) atoms. The molecule has 3 nitrogen and oxygen atoms in total. The van der Waals surface area contributed by atoms with Crippen LogP contribution in [0.15, 0.2) is 29.0 Å². The highest BCUT2D eigenvalue weighted by atomic mass is 79.9. The van der Waals surface area contributed by atoms with E-state index in [9.17, 15) is 0 Å². The van der Waals surface area contributed by atoms with Gasteiger partial charge in [-0.3, -0.25) is 0 Å². The number of hydrogen-bond acceptors (Lipinski definition) is 2. The van der Waals surface area contributed by atoms with Gasteiger partial charge in [0.25, 0.3) is 0 Å². The summed E-state index contributed by atoms with van der Waals surface area (Å²) in [5.74, 6) is 1.92. The maximum atomic E-state index is 4.48.